The fourth-order valence-corrected chi connectivity index (χ4v) is 2.11. The van der Waals surface area contributed by atoms with E-state index in [1.165, 1.54) is 0 Å². The summed E-state index contributed by atoms with van der Waals surface area (Å²) >= 11 is 0. The maximum Gasteiger partial charge on any atom is 0.264 e. The summed E-state index contributed by atoms with van der Waals surface area (Å²) in [5, 5.41) is 0. The van der Waals surface area contributed by atoms with Crippen LogP contribution in [0.4, 0.5) is 0 Å². The zero-order valence-electron chi connectivity index (χ0n) is 9.20. The lowest BCUT2D eigenvalue weighted by atomic mass is 10.1. The molecule has 90 valence electrons. The van der Waals surface area contributed by atoms with Crippen molar-refractivity contribution in [3.63, 3.8) is 0 Å². The Morgan fingerprint density at radius 2 is 1.88 bits per heavy atom. The molecule has 4 nitrogen and oxygen atoms in total. The molecule has 2 N–H and O–H groups in total. The van der Waals surface area contributed by atoms with E-state index in [0.717, 1.165) is 37.7 Å². The molecular weight excluding hydrogens is 226 g/mol. The van der Waals surface area contributed by atoms with Crippen molar-refractivity contribution >= 4 is 10.1 Å². The number of unbranched alkanes of at least 4 members (excludes halogenated alkanes) is 4. The quantitative estimate of drug-likeness (QED) is 0.542. The highest BCUT2D eigenvalue weighted by atomic mass is 32.2. The fourth-order valence-electron chi connectivity index (χ4n) is 1.54. The van der Waals surface area contributed by atoms with E-state index < -0.39 is 10.1 Å². The maximum atomic E-state index is 10.4. The zero-order valence-corrected chi connectivity index (χ0v) is 10.0. The third-order valence-electron chi connectivity index (χ3n) is 2.39. The van der Waals surface area contributed by atoms with Gasteiger partial charge in [0.2, 0.25) is 0 Å². The highest BCUT2D eigenvalue weighted by Crippen LogP contribution is 2.08. The summed E-state index contributed by atoms with van der Waals surface area (Å²) in [6, 6.07) is 1.89. The van der Waals surface area contributed by atoms with Crippen LogP contribution in [0.1, 0.15) is 37.7 Å². The van der Waals surface area contributed by atoms with Crippen LogP contribution in [0.5, 0.6) is 0 Å². The van der Waals surface area contributed by atoms with E-state index in [0.29, 0.717) is 6.42 Å². The van der Waals surface area contributed by atoms with Crippen LogP contribution in [0, 0.1) is 12.4 Å². The Morgan fingerprint density at radius 3 is 2.50 bits per heavy atom. The van der Waals surface area contributed by atoms with E-state index in [1.807, 2.05) is 6.07 Å². The third-order valence-corrected chi connectivity index (χ3v) is 3.19. The number of nitrogens with one attached hydrogen (secondary N) is 1. The zero-order chi connectivity index (χ0) is 11.9. The molecule has 1 aromatic rings. The van der Waals surface area contributed by atoms with E-state index in [4.69, 9.17) is 4.55 Å². The molecule has 0 aliphatic carbocycles. The van der Waals surface area contributed by atoms with E-state index in [2.05, 4.69) is 17.4 Å². The van der Waals surface area contributed by atoms with Crippen LogP contribution >= 0.6 is 0 Å². The molecular formula is C11H17NO3S. The molecule has 5 heteroatoms. The van der Waals surface area contributed by atoms with Crippen molar-refractivity contribution in [3.05, 3.63) is 24.0 Å². The fraction of sp³-hybridized carbons (Fsp3) is 0.636. The molecule has 0 fully saturated rings. The van der Waals surface area contributed by atoms with Gasteiger partial charge in [-0.15, -0.1) is 0 Å². The van der Waals surface area contributed by atoms with Gasteiger partial charge < -0.3 is 4.98 Å². The van der Waals surface area contributed by atoms with Gasteiger partial charge in [-0.1, -0.05) is 19.3 Å². The van der Waals surface area contributed by atoms with Crippen molar-refractivity contribution < 1.29 is 13.0 Å². The Kier molecular flexibility index (Phi) is 5.55. The molecule has 0 aromatic carbocycles. The van der Waals surface area contributed by atoms with E-state index >= 15 is 0 Å². The van der Waals surface area contributed by atoms with Crippen LogP contribution < -0.4 is 0 Å². The van der Waals surface area contributed by atoms with Gasteiger partial charge in [0.15, 0.2) is 0 Å². The molecule has 1 rings (SSSR count). The predicted molar refractivity (Wildman–Crippen MR) is 61.7 cm³/mol. The second kappa shape index (κ2) is 6.70. The SMILES string of the molecule is O=S(=O)(O)CCCCCCCc1[c][nH][c]c1. The summed E-state index contributed by atoms with van der Waals surface area (Å²) in [6.45, 7) is 0. The Labute approximate surface area is 96.8 Å². The first-order valence-corrected chi connectivity index (χ1v) is 7.09. The Morgan fingerprint density at radius 1 is 1.19 bits per heavy atom. The minimum Gasteiger partial charge on any atom is -0.352 e. The van der Waals surface area contributed by atoms with Gasteiger partial charge >= 0.3 is 0 Å². The summed E-state index contributed by atoms with van der Waals surface area (Å²) < 4.78 is 29.3. The number of rotatable bonds is 8. The second-order valence-corrected chi connectivity index (χ2v) is 5.44. The van der Waals surface area contributed by atoms with E-state index in [1.54, 1.807) is 0 Å². The maximum absolute atomic E-state index is 10.4. The minimum atomic E-state index is -3.77. The van der Waals surface area contributed by atoms with Crippen LogP contribution in [-0.2, 0) is 16.5 Å². The predicted octanol–water partition coefficient (Wildman–Crippen LogP) is 2.00. The van der Waals surface area contributed by atoms with Gasteiger partial charge in [0, 0.05) is 0 Å². The number of H-pyrrole nitrogens is 1. The normalized spacial score (nSPS) is 11.8. The first kappa shape index (κ1) is 13.3. The van der Waals surface area contributed by atoms with E-state index in [-0.39, 0.29) is 5.75 Å². The van der Waals surface area contributed by atoms with Crippen molar-refractivity contribution in [2.75, 3.05) is 5.75 Å². The number of hydrogen-bond acceptors (Lipinski definition) is 2. The molecule has 0 saturated heterocycles. The van der Waals surface area contributed by atoms with Gasteiger partial charge in [-0.2, -0.15) is 8.42 Å². The molecule has 0 atom stereocenters. The number of aryl methyl sites for hydroxylation is 1. The van der Waals surface area contributed by atoms with Gasteiger partial charge in [0.05, 0.1) is 18.1 Å². The number of hydrogen-bond donors (Lipinski definition) is 2. The molecule has 16 heavy (non-hydrogen) atoms. The molecule has 0 amide bonds. The lowest BCUT2D eigenvalue weighted by molar-refractivity contribution is 0.479. The first-order chi connectivity index (χ1) is 7.58. The van der Waals surface area contributed by atoms with Crippen molar-refractivity contribution in [1.82, 2.24) is 4.98 Å². The minimum absolute atomic E-state index is 0.118. The highest BCUT2D eigenvalue weighted by Gasteiger charge is 2.02. The van der Waals surface area contributed by atoms with Crippen LogP contribution in [0.15, 0.2) is 6.07 Å². The average molecular weight is 243 g/mol. The second-order valence-electron chi connectivity index (χ2n) is 3.87. The van der Waals surface area contributed by atoms with E-state index in [9.17, 15) is 8.42 Å². The van der Waals surface area contributed by atoms with Gasteiger partial charge in [-0.05, 0) is 30.9 Å². The first-order valence-electron chi connectivity index (χ1n) is 5.49. The lowest BCUT2D eigenvalue weighted by Crippen LogP contribution is -2.03. The topological polar surface area (TPSA) is 70.2 Å². The van der Waals surface area contributed by atoms with Crippen molar-refractivity contribution in [2.45, 2.75) is 38.5 Å². The number of aromatic amines is 1. The third kappa shape index (κ3) is 6.63. The molecule has 1 heterocycles. The van der Waals surface area contributed by atoms with Gasteiger partial charge in [0.1, 0.15) is 0 Å². The molecule has 0 saturated carbocycles. The van der Waals surface area contributed by atoms with Crippen molar-refractivity contribution in [3.8, 4) is 0 Å². The average Bonchev–Trinajstić information content (AvgIpc) is 2.67. The summed E-state index contributed by atoms with van der Waals surface area (Å²) in [6.07, 6.45) is 11.3. The van der Waals surface area contributed by atoms with Crippen LogP contribution in [0.3, 0.4) is 0 Å². The van der Waals surface area contributed by atoms with Crippen LogP contribution in [-0.4, -0.2) is 23.7 Å². The number of aromatic nitrogens is 1. The summed E-state index contributed by atoms with van der Waals surface area (Å²) in [5.41, 5.74) is 1.14. The molecule has 0 aliphatic heterocycles. The lowest BCUT2D eigenvalue weighted by Gasteiger charge is -2.00. The monoisotopic (exact) mass is 243 g/mol. The van der Waals surface area contributed by atoms with Crippen molar-refractivity contribution in [1.29, 1.82) is 0 Å². The Hall–Kier alpha value is -0.810. The van der Waals surface area contributed by atoms with Crippen molar-refractivity contribution in [2.24, 2.45) is 0 Å². The molecule has 0 spiro atoms. The Bertz CT molecular complexity index is 370. The standard InChI is InChI=1S/C11H17NO3S/c13-16(14,15)9-5-3-1-2-4-6-11-7-8-12-10-11/h7,12H,1-6,9H2,(H,13,14,15). The summed E-state index contributed by atoms with van der Waals surface area (Å²) in [7, 11) is -3.77. The van der Waals surface area contributed by atoms with Crippen LogP contribution in [0.25, 0.3) is 0 Å². The van der Waals surface area contributed by atoms with Gasteiger partial charge in [-0.3, -0.25) is 4.55 Å². The Balaban J connectivity index is 1.93. The molecule has 1 aromatic heterocycles. The van der Waals surface area contributed by atoms with Gasteiger partial charge in [0.25, 0.3) is 10.1 Å². The molecule has 0 bridgehead atoms. The van der Waals surface area contributed by atoms with Gasteiger partial charge in [-0.25, -0.2) is 0 Å². The largest absolute Gasteiger partial charge is 0.352 e. The molecule has 0 aliphatic rings. The molecule has 0 unspecified atom stereocenters. The summed E-state index contributed by atoms with van der Waals surface area (Å²) in [5.74, 6) is -0.118. The highest BCUT2D eigenvalue weighted by molar-refractivity contribution is 7.85. The van der Waals surface area contributed by atoms with Crippen LogP contribution in [0.2, 0.25) is 0 Å². The smallest absolute Gasteiger partial charge is 0.264 e. The molecule has 2 radical (unpaired) electrons. The summed E-state index contributed by atoms with van der Waals surface area (Å²) in [4.78, 5) is 2.76.